The molecule has 1 atom stereocenters. The van der Waals surface area contributed by atoms with E-state index in [1.54, 1.807) is 4.90 Å². The van der Waals surface area contributed by atoms with Crippen molar-refractivity contribution in [1.29, 1.82) is 0 Å². The molecule has 1 aliphatic heterocycles. The van der Waals surface area contributed by atoms with Gasteiger partial charge in [-0.05, 0) is 59.9 Å². The minimum absolute atomic E-state index is 0.0496. The lowest BCUT2D eigenvalue weighted by molar-refractivity contribution is -0.122. The topological polar surface area (TPSA) is 61.9 Å². The Bertz CT molecular complexity index is 491. The Labute approximate surface area is 152 Å². The molecule has 0 spiro atoms. The predicted molar refractivity (Wildman–Crippen MR) is 99.1 cm³/mol. The van der Waals surface area contributed by atoms with E-state index in [0.29, 0.717) is 19.0 Å². The molecule has 2 amide bonds. The van der Waals surface area contributed by atoms with Crippen LogP contribution in [0.3, 0.4) is 0 Å². The van der Waals surface area contributed by atoms with Gasteiger partial charge in [-0.2, -0.15) is 0 Å². The Kier molecular flexibility index (Phi) is 8.24. The first kappa shape index (κ1) is 21.3. The van der Waals surface area contributed by atoms with Gasteiger partial charge in [0.05, 0.1) is 13.1 Å². The standard InChI is InChI=1S/C19H33N3O3/c1-7-10-20-17(23)14-21-11-8-9-16(12-21)13-22(15(2)3)18(24)25-19(4,5)6/h1,15-16H,8-14H2,2-6H3,(H,20,23). The van der Waals surface area contributed by atoms with E-state index in [1.807, 2.05) is 34.6 Å². The summed E-state index contributed by atoms with van der Waals surface area (Å²) in [5.74, 6) is 2.69. The molecule has 0 bridgehead atoms. The molecule has 1 rings (SSSR count). The average Bonchev–Trinajstić information content (AvgIpc) is 2.49. The number of carbonyl (C=O) groups excluding carboxylic acids is 2. The summed E-state index contributed by atoms with van der Waals surface area (Å²) in [7, 11) is 0. The fourth-order valence-corrected chi connectivity index (χ4v) is 2.95. The van der Waals surface area contributed by atoms with Crippen LogP contribution in [-0.2, 0) is 9.53 Å². The molecule has 1 unspecified atom stereocenters. The zero-order valence-corrected chi connectivity index (χ0v) is 16.3. The van der Waals surface area contributed by atoms with Crippen molar-refractivity contribution in [2.45, 2.75) is 59.1 Å². The fourth-order valence-electron chi connectivity index (χ4n) is 2.95. The first-order valence-electron chi connectivity index (χ1n) is 9.04. The Morgan fingerprint density at radius 1 is 1.40 bits per heavy atom. The summed E-state index contributed by atoms with van der Waals surface area (Å²) in [5, 5.41) is 2.70. The van der Waals surface area contributed by atoms with Crippen LogP contribution in [-0.4, -0.2) is 66.2 Å². The Hall–Kier alpha value is -1.74. The maximum Gasteiger partial charge on any atom is 0.410 e. The molecule has 1 saturated heterocycles. The fraction of sp³-hybridized carbons (Fsp3) is 0.789. The zero-order chi connectivity index (χ0) is 19.0. The monoisotopic (exact) mass is 351 g/mol. The van der Waals surface area contributed by atoms with Crippen LogP contribution >= 0.6 is 0 Å². The number of nitrogens with one attached hydrogen (secondary N) is 1. The summed E-state index contributed by atoms with van der Waals surface area (Å²) < 4.78 is 5.53. The summed E-state index contributed by atoms with van der Waals surface area (Å²) >= 11 is 0. The highest BCUT2D eigenvalue weighted by Crippen LogP contribution is 2.20. The van der Waals surface area contributed by atoms with Crippen LogP contribution in [0.4, 0.5) is 4.79 Å². The molecule has 142 valence electrons. The Balaban J connectivity index is 2.59. The maximum absolute atomic E-state index is 12.5. The first-order valence-corrected chi connectivity index (χ1v) is 9.04. The van der Waals surface area contributed by atoms with E-state index in [4.69, 9.17) is 11.2 Å². The van der Waals surface area contributed by atoms with E-state index in [9.17, 15) is 9.59 Å². The number of nitrogens with zero attached hydrogens (tertiary/aromatic N) is 2. The molecule has 1 heterocycles. The van der Waals surface area contributed by atoms with Crippen molar-refractivity contribution >= 4 is 12.0 Å². The summed E-state index contributed by atoms with van der Waals surface area (Å²) in [6.07, 6.45) is 6.96. The number of terminal acetylenes is 1. The third-order valence-electron chi connectivity index (χ3n) is 4.06. The van der Waals surface area contributed by atoms with Gasteiger partial charge in [-0.3, -0.25) is 9.69 Å². The lowest BCUT2D eigenvalue weighted by Crippen LogP contribution is -2.48. The molecule has 0 aromatic rings. The molecule has 6 heteroatoms. The minimum Gasteiger partial charge on any atom is -0.444 e. The number of likely N-dealkylation sites (tertiary alicyclic amines) is 1. The van der Waals surface area contributed by atoms with Crippen molar-refractivity contribution < 1.29 is 14.3 Å². The number of ether oxygens (including phenoxy) is 1. The van der Waals surface area contributed by atoms with Crippen LogP contribution in [0.15, 0.2) is 0 Å². The highest BCUT2D eigenvalue weighted by atomic mass is 16.6. The van der Waals surface area contributed by atoms with Crippen LogP contribution in [0.1, 0.15) is 47.5 Å². The van der Waals surface area contributed by atoms with E-state index in [0.717, 1.165) is 25.9 Å². The highest BCUT2D eigenvalue weighted by molar-refractivity contribution is 5.78. The van der Waals surface area contributed by atoms with Crippen LogP contribution in [0.25, 0.3) is 0 Å². The molecular formula is C19H33N3O3. The van der Waals surface area contributed by atoms with Crippen molar-refractivity contribution in [3.63, 3.8) is 0 Å². The largest absolute Gasteiger partial charge is 0.444 e. The molecule has 6 nitrogen and oxygen atoms in total. The molecule has 25 heavy (non-hydrogen) atoms. The number of rotatable bonds is 6. The lowest BCUT2D eigenvalue weighted by Gasteiger charge is -2.37. The molecule has 0 aromatic heterocycles. The van der Waals surface area contributed by atoms with Crippen molar-refractivity contribution in [3.8, 4) is 12.3 Å². The molecule has 0 radical (unpaired) electrons. The normalized spacial score (nSPS) is 18.5. The summed E-state index contributed by atoms with van der Waals surface area (Å²) in [4.78, 5) is 28.2. The number of hydrogen-bond donors (Lipinski definition) is 1. The van der Waals surface area contributed by atoms with Crippen LogP contribution in [0.2, 0.25) is 0 Å². The van der Waals surface area contributed by atoms with Gasteiger partial charge in [0.25, 0.3) is 0 Å². The molecule has 1 fully saturated rings. The van der Waals surface area contributed by atoms with Crippen molar-refractivity contribution in [1.82, 2.24) is 15.1 Å². The second kappa shape index (κ2) is 9.67. The van der Waals surface area contributed by atoms with Crippen LogP contribution < -0.4 is 5.32 Å². The van der Waals surface area contributed by atoms with E-state index in [1.165, 1.54) is 0 Å². The molecule has 0 saturated carbocycles. The molecule has 0 aromatic carbocycles. The second-order valence-corrected chi connectivity index (χ2v) is 7.95. The van der Waals surface area contributed by atoms with Gasteiger partial charge in [-0.25, -0.2) is 4.79 Å². The third kappa shape index (κ3) is 8.26. The average molecular weight is 351 g/mol. The van der Waals surface area contributed by atoms with Crippen molar-refractivity contribution in [2.75, 3.05) is 32.7 Å². The minimum atomic E-state index is -0.502. The molecule has 1 N–H and O–H groups in total. The Morgan fingerprint density at radius 3 is 2.64 bits per heavy atom. The van der Waals surface area contributed by atoms with Gasteiger partial charge in [-0.15, -0.1) is 6.42 Å². The zero-order valence-electron chi connectivity index (χ0n) is 16.3. The van der Waals surface area contributed by atoms with Gasteiger partial charge in [0.15, 0.2) is 0 Å². The Morgan fingerprint density at radius 2 is 2.08 bits per heavy atom. The molecule has 0 aliphatic carbocycles. The van der Waals surface area contributed by atoms with Gasteiger partial charge < -0.3 is 15.0 Å². The van der Waals surface area contributed by atoms with Crippen molar-refractivity contribution in [3.05, 3.63) is 0 Å². The van der Waals surface area contributed by atoms with Gasteiger partial charge in [0.2, 0.25) is 5.91 Å². The van der Waals surface area contributed by atoms with E-state index in [-0.39, 0.29) is 24.6 Å². The van der Waals surface area contributed by atoms with E-state index >= 15 is 0 Å². The number of piperidine rings is 1. The van der Waals surface area contributed by atoms with Gasteiger partial charge >= 0.3 is 6.09 Å². The van der Waals surface area contributed by atoms with E-state index < -0.39 is 5.60 Å². The van der Waals surface area contributed by atoms with Crippen molar-refractivity contribution in [2.24, 2.45) is 5.92 Å². The van der Waals surface area contributed by atoms with Gasteiger partial charge in [0, 0.05) is 19.1 Å². The quantitative estimate of drug-likeness (QED) is 0.745. The first-order chi connectivity index (χ1) is 11.6. The predicted octanol–water partition coefficient (Wildman–Crippen LogP) is 2.09. The molecular weight excluding hydrogens is 318 g/mol. The second-order valence-electron chi connectivity index (χ2n) is 7.95. The molecule has 1 aliphatic rings. The lowest BCUT2D eigenvalue weighted by atomic mass is 9.97. The summed E-state index contributed by atoms with van der Waals surface area (Å²) in [6.45, 7) is 12.6. The van der Waals surface area contributed by atoms with Gasteiger partial charge in [0.1, 0.15) is 5.60 Å². The van der Waals surface area contributed by atoms with E-state index in [2.05, 4.69) is 16.1 Å². The highest BCUT2D eigenvalue weighted by Gasteiger charge is 2.29. The smallest absolute Gasteiger partial charge is 0.410 e. The number of carbonyl (C=O) groups is 2. The number of amides is 2. The van der Waals surface area contributed by atoms with Crippen LogP contribution in [0.5, 0.6) is 0 Å². The maximum atomic E-state index is 12.5. The number of hydrogen-bond acceptors (Lipinski definition) is 4. The van der Waals surface area contributed by atoms with Gasteiger partial charge in [-0.1, -0.05) is 5.92 Å². The third-order valence-corrected chi connectivity index (χ3v) is 4.06. The summed E-state index contributed by atoms with van der Waals surface area (Å²) in [6, 6.07) is 0.0733. The van der Waals surface area contributed by atoms with Crippen LogP contribution in [0, 0.1) is 18.3 Å². The summed E-state index contributed by atoms with van der Waals surface area (Å²) in [5.41, 5.74) is -0.502. The SMILES string of the molecule is C#CCNC(=O)CN1CCCC(CN(C(=O)OC(C)(C)C)C(C)C)C1.